The second-order valence-electron chi connectivity index (χ2n) is 18.1. The Morgan fingerprint density at radius 1 is 0.595 bits per heavy atom. The van der Waals surface area contributed by atoms with Crippen LogP contribution >= 0.6 is 27.0 Å². The SMILES string of the molecule is C.C.CC(C)(C)OC(=O)N[C@@H](Cc1cc2cnn(S(=O)(=O)c3ccccc3)c2cn1)CN1C(=O)c2ccccc2C1=O.CC(C)(C)OC(=O)N[C@H](CO)Cc1cc2cnn(S(=O)(=O)c3ccccc3)c2cn1.S.S. The lowest BCUT2D eigenvalue weighted by Crippen LogP contribution is -2.48. The molecule has 0 spiro atoms. The maximum absolute atomic E-state index is 13.1. The van der Waals surface area contributed by atoms with Gasteiger partial charge in [0.05, 0.1) is 70.9 Å². The fourth-order valence-electron chi connectivity index (χ4n) is 7.29. The number of carbonyl (C=O) groups excluding carboxylic acids is 4. The lowest BCUT2D eigenvalue weighted by Gasteiger charge is -2.26. The average Bonchev–Trinajstić information content (AvgIpc) is 4.00. The zero-order chi connectivity index (χ0) is 50.6. The molecule has 0 aliphatic carbocycles. The van der Waals surface area contributed by atoms with Crippen LogP contribution in [0.2, 0.25) is 0 Å². The highest BCUT2D eigenvalue weighted by molar-refractivity contribution is 7.90. The van der Waals surface area contributed by atoms with E-state index in [0.717, 1.165) is 13.1 Å². The number of fused-ring (bicyclic) bond motifs is 3. The summed E-state index contributed by atoms with van der Waals surface area (Å²) in [6.07, 6.45) is 4.69. The van der Waals surface area contributed by atoms with Gasteiger partial charge in [0, 0.05) is 35.0 Å². The summed E-state index contributed by atoms with van der Waals surface area (Å²) in [4.78, 5) is 60.6. The van der Waals surface area contributed by atoms with Gasteiger partial charge in [0.15, 0.2) is 0 Å². The predicted octanol–water partition coefficient (Wildman–Crippen LogP) is 6.99. The van der Waals surface area contributed by atoms with Crippen LogP contribution in [0.25, 0.3) is 21.8 Å². The number of alkyl carbamates (subject to hydrolysis) is 2. The van der Waals surface area contributed by atoms with Crippen LogP contribution in [-0.4, -0.2) is 116 Å². The molecular weight excluding hydrogens is 1030 g/mol. The minimum absolute atomic E-state index is 0. The van der Waals surface area contributed by atoms with Crippen LogP contribution in [0.15, 0.2) is 132 Å². The summed E-state index contributed by atoms with van der Waals surface area (Å²) < 4.78 is 64.3. The van der Waals surface area contributed by atoms with Crippen molar-refractivity contribution in [1.82, 2.24) is 43.9 Å². The van der Waals surface area contributed by atoms with Gasteiger partial charge < -0.3 is 25.2 Å². The number of hydrogen-bond acceptors (Lipinski definition) is 15. The number of nitrogens with one attached hydrogen (secondary N) is 2. The number of rotatable bonds is 13. The molecule has 4 aromatic heterocycles. The fraction of sp³-hybridized carbons (Fsp3) is 0.320. The van der Waals surface area contributed by atoms with E-state index in [9.17, 15) is 41.1 Å². The van der Waals surface area contributed by atoms with E-state index in [1.807, 2.05) is 0 Å². The van der Waals surface area contributed by atoms with Crippen LogP contribution in [-0.2, 0) is 42.4 Å². The van der Waals surface area contributed by atoms with Crippen molar-refractivity contribution < 1.29 is 50.6 Å². The van der Waals surface area contributed by atoms with E-state index in [1.165, 1.54) is 49.1 Å². The van der Waals surface area contributed by atoms with E-state index in [-0.39, 0.29) is 83.1 Å². The van der Waals surface area contributed by atoms with Crippen LogP contribution < -0.4 is 10.6 Å². The zero-order valence-corrected chi connectivity index (χ0v) is 43.6. The highest BCUT2D eigenvalue weighted by Crippen LogP contribution is 2.25. The van der Waals surface area contributed by atoms with Crippen molar-refractivity contribution in [3.8, 4) is 0 Å². The summed E-state index contributed by atoms with van der Waals surface area (Å²) >= 11 is 0. The van der Waals surface area contributed by atoms with E-state index >= 15 is 0 Å². The van der Waals surface area contributed by atoms with Crippen LogP contribution in [0.1, 0.15) is 88.5 Å². The first-order valence-electron chi connectivity index (χ1n) is 21.9. The van der Waals surface area contributed by atoms with E-state index < -0.39 is 67.3 Å². The smallest absolute Gasteiger partial charge is 0.407 e. The van der Waals surface area contributed by atoms with Gasteiger partial charge >= 0.3 is 12.2 Å². The normalized spacial score (nSPS) is 13.1. The van der Waals surface area contributed by atoms with Gasteiger partial charge in [-0.25, -0.2) is 9.59 Å². The van der Waals surface area contributed by atoms with Crippen molar-refractivity contribution in [2.24, 2.45) is 0 Å². The molecule has 8 rings (SSSR count). The number of aliphatic hydroxyl groups excluding tert-OH is 1. The highest BCUT2D eigenvalue weighted by atomic mass is 32.2. The van der Waals surface area contributed by atoms with Crippen molar-refractivity contribution in [3.05, 3.63) is 144 Å². The fourth-order valence-corrected chi connectivity index (χ4v) is 9.86. The number of carbonyl (C=O) groups is 4. The summed E-state index contributed by atoms with van der Waals surface area (Å²) in [5.74, 6) is -0.903. The van der Waals surface area contributed by atoms with E-state index in [2.05, 4.69) is 30.8 Å². The molecule has 5 heterocycles. The Hall–Kier alpha value is -6.86. The number of aliphatic hydroxyl groups is 1. The van der Waals surface area contributed by atoms with Crippen LogP contribution in [0, 0.1) is 0 Å². The van der Waals surface area contributed by atoms with Gasteiger partial charge in [0.2, 0.25) is 0 Å². The van der Waals surface area contributed by atoms with Gasteiger partial charge in [-0.1, -0.05) is 63.4 Å². The summed E-state index contributed by atoms with van der Waals surface area (Å²) in [6, 6.07) is 24.5. The standard InChI is InChI=1S/C28H27N5O6S.C20H24N4O5S.2CH4.2H2S/c1-28(2,3)39-27(36)31-20(17-32-25(34)22-11-7-8-12-23(22)26(32)35)14-19-13-18-15-30-33(24(18)16-29-19)40(37,38)21-9-5-4-6-10-21;1-20(2,3)29-19(26)23-16(13-25)10-15-9-14-11-22-24(18(14)12-21-15)30(27,28)17-7-5-4-6-8-17;;;;/h4-13,15-16,20H,14,17H2,1-3H3,(H,31,36);4-9,11-12,16,25H,10,13H2,1-3H3,(H,23,26);2*1H4;2*1H2/t20-;16-;;;;/m00..../s1. The number of pyridine rings is 2. The number of ether oxygens (including phenoxy) is 2. The van der Waals surface area contributed by atoms with Gasteiger partial charge in [-0.05, 0) is 90.1 Å². The summed E-state index contributed by atoms with van der Waals surface area (Å²) in [5.41, 5.74) is 0.856. The maximum atomic E-state index is 13.1. The Kier molecular flexibility index (Phi) is 20.7. The van der Waals surface area contributed by atoms with Gasteiger partial charge in [-0.2, -0.15) is 62.2 Å². The van der Waals surface area contributed by atoms with Crippen molar-refractivity contribution in [2.75, 3.05) is 13.2 Å². The molecule has 74 heavy (non-hydrogen) atoms. The Labute approximate surface area is 444 Å². The molecule has 4 amide bonds. The molecule has 0 fully saturated rings. The summed E-state index contributed by atoms with van der Waals surface area (Å²) in [7, 11) is -7.78. The van der Waals surface area contributed by atoms with E-state index in [0.29, 0.717) is 38.8 Å². The first-order chi connectivity index (χ1) is 33.0. The number of imide groups is 1. The molecule has 1 aliphatic rings. The van der Waals surface area contributed by atoms with Crippen LogP contribution in [0.4, 0.5) is 9.59 Å². The van der Waals surface area contributed by atoms with Crippen molar-refractivity contribution in [1.29, 1.82) is 0 Å². The first-order valence-corrected chi connectivity index (χ1v) is 24.7. The first kappa shape index (κ1) is 61.4. The van der Waals surface area contributed by atoms with Crippen LogP contribution in [0.5, 0.6) is 0 Å². The quantitative estimate of drug-likeness (QED) is 0.0982. The second-order valence-corrected chi connectivity index (χ2v) is 21.7. The molecule has 0 radical (unpaired) electrons. The van der Waals surface area contributed by atoms with Crippen LogP contribution in [0.3, 0.4) is 0 Å². The Morgan fingerprint density at radius 3 is 1.34 bits per heavy atom. The van der Waals surface area contributed by atoms with Crippen molar-refractivity contribution >= 4 is 92.8 Å². The zero-order valence-electron chi connectivity index (χ0n) is 40.0. The molecule has 0 unspecified atom stereocenters. The summed E-state index contributed by atoms with van der Waals surface area (Å²) in [6.45, 7) is 9.99. The third kappa shape index (κ3) is 14.5. The lowest BCUT2D eigenvalue weighted by atomic mass is 10.1. The minimum atomic E-state index is -3.94. The second kappa shape index (κ2) is 24.9. The molecule has 0 saturated carbocycles. The number of hydrogen-bond donors (Lipinski definition) is 3. The molecule has 7 aromatic rings. The number of amides is 4. The van der Waals surface area contributed by atoms with Gasteiger partial charge in [-0.3, -0.25) is 24.5 Å². The van der Waals surface area contributed by atoms with E-state index in [1.54, 1.807) is 114 Å². The third-order valence-corrected chi connectivity index (χ3v) is 13.6. The Morgan fingerprint density at radius 2 is 0.959 bits per heavy atom. The number of aromatic nitrogens is 6. The van der Waals surface area contributed by atoms with Gasteiger partial charge in [0.25, 0.3) is 31.9 Å². The monoisotopic (exact) mass is 1090 g/mol. The molecule has 0 bridgehead atoms. The van der Waals surface area contributed by atoms with Gasteiger partial charge in [0.1, 0.15) is 22.2 Å². The Bertz CT molecular complexity index is 3270. The lowest BCUT2D eigenvalue weighted by molar-refractivity contribution is 0.0466. The molecule has 20 nitrogen and oxygen atoms in total. The average molecular weight is 1090 g/mol. The number of benzene rings is 3. The topological polar surface area (TPSA) is 264 Å². The molecule has 3 aromatic carbocycles. The third-order valence-electron chi connectivity index (χ3n) is 10.3. The van der Waals surface area contributed by atoms with Gasteiger partial charge in [-0.15, -0.1) is 0 Å². The molecule has 3 N–H and O–H groups in total. The van der Waals surface area contributed by atoms with E-state index in [4.69, 9.17) is 9.47 Å². The highest BCUT2D eigenvalue weighted by Gasteiger charge is 2.37. The van der Waals surface area contributed by atoms with Crippen molar-refractivity contribution in [3.63, 3.8) is 0 Å². The minimum Gasteiger partial charge on any atom is -0.444 e. The molecule has 398 valence electrons. The molecular formula is C50H63N9O11S4. The maximum Gasteiger partial charge on any atom is 0.407 e. The number of nitrogens with zero attached hydrogens (tertiary/aromatic N) is 7. The Balaban J connectivity index is 0.000000384. The summed E-state index contributed by atoms with van der Waals surface area (Å²) in [5, 5.41) is 24.1. The largest absolute Gasteiger partial charge is 0.444 e. The van der Waals surface area contributed by atoms with Crippen molar-refractivity contribution in [2.45, 2.75) is 102 Å². The molecule has 0 saturated heterocycles. The molecule has 1 aliphatic heterocycles. The molecule has 24 heteroatoms. The predicted molar refractivity (Wildman–Crippen MR) is 290 cm³/mol. The molecule has 2 atom stereocenters.